The first-order chi connectivity index (χ1) is 12.7. The number of fused-ring (bicyclic) bond motifs is 2. The molecule has 27 heavy (non-hydrogen) atoms. The van der Waals surface area contributed by atoms with Crippen LogP contribution in [-0.4, -0.2) is 42.0 Å². The van der Waals surface area contributed by atoms with Crippen molar-refractivity contribution in [3.05, 3.63) is 59.7 Å². The van der Waals surface area contributed by atoms with Crippen LogP contribution < -0.4 is 4.90 Å². The average molecular weight is 388 g/mol. The number of carbonyl (C=O) groups is 1. The molecule has 2 aromatic rings. The van der Waals surface area contributed by atoms with E-state index in [1.54, 1.807) is 0 Å². The Balaban J connectivity index is 0.00000261. The van der Waals surface area contributed by atoms with Gasteiger partial charge in [-0.2, -0.15) is 0 Å². The number of halogens is 1. The van der Waals surface area contributed by atoms with Crippen LogP contribution in [0.2, 0.25) is 0 Å². The molecule has 0 bridgehead atoms. The Morgan fingerprint density at radius 3 is 1.67 bits per heavy atom. The lowest BCUT2D eigenvalue weighted by atomic mass is 9.89. The van der Waals surface area contributed by atoms with Gasteiger partial charge < -0.3 is 4.90 Å². The van der Waals surface area contributed by atoms with E-state index in [0.717, 1.165) is 24.5 Å². The zero-order chi connectivity index (χ0) is 18.7. The summed E-state index contributed by atoms with van der Waals surface area (Å²) >= 11 is 0. The van der Waals surface area contributed by atoms with Crippen molar-refractivity contribution in [2.75, 3.05) is 31.1 Å². The summed E-state index contributed by atoms with van der Waals surface area (Å²) in [4.78, 5) is 19.6. The smallest absolute Gasteiger partial charge is 0.325 e. The largest absolute Gasteiger partial charge is 0.329 e. The number of carbonyl (C=O) groups excluding carboxylic acids is 1. The summed E-state index contributed by atoms with van der Waals surface area (Å²) in [6.07, 6.45) is 0. The lowest BCUT2D eigenvalue weighted by Crippen LogP contribution is -2.44. The first-order valence-electron chi connectivity index (χ1n) is 9.68. The number of para-hydroxylation sites is 2. The third-order valence-electron chi connectivity index (χ3n) is 5.35. The van der Waals surface area contributed by atoms with Crippen LogP contribution in [-0.2, 0) is 0 Å². The van der Waals surface area contributed by atoms with E-state index in [0.29, 0.717) is 13.1 Å². The standard InChI is InChI=1S/C22H29N3O.ClH/c1-5-23(6-2)21-17-13-9-11-15-19(17)25(22(26)24(7-3)8-4)20-16-12-10-14-18(20)21;/h9-16,21H,5-8H2,1-4H3;1H. The quantitative estimate of drug-likeness (QED) is 0.681. The number of nitrogens with zero attached hydrogens (tertiary/aromatic N) is 3. The van der Waals surface area contributed by atoms with Crippen molar-refractivity contribution >= 4 is 29.8 Å². The number of rotatable bonds is 5. The van der Waals surface area contributed by atoms with Gasteiger partial charge in [-0.05, 0) is 50.2 Å². The molecule has 0 aliphatic carbocycles. The van der Waals surface area contributed by atoms with Crippen LogP contribution in [0.4, 0.5) is 16.2 Å². The number of amides is 2. The molecule has 0 N–H and O–H groups in total. The second kappa shape index (κ2) is 9.25. The molecule has 4 nitrogen and oxygen atoms in total. The zero-order valence-electron chi connectivity index (χ0n) is 16.7. The van der Waals surface area contributed by atoms with E-state index >= 15 is 0 Å². The minimum Gasteiger partial charge on any atom is -0.325 e. The van der Waals surface area contributed by atoms with Crippen molar-refractivity contribution in [1.29, 1.82) is 0 Å². The maximum Gasteiger partial charge on any atom is 0.329 e. The van der Waals surface area contributed by atoms with Gasteiger partial charge in [-0.3, -0.25) is 9.80 Å². The van der Waals surface area contributed by atoms with Crippen molar-refractivity contribution < 1.29 is 4.79 Å². The predicted octanol–water partition coefficient (Wildman–Crippen LogP) is 5.45. The molecule has 1 aliphatic heterocycles. The van der Waals surface area contributed by atoms with E-state index in [4.69, 9.17) is 0 Å². The van der Waals surface area contributed by atoms with E-state index in [1.165, 1.54) is 11.1 Å². The molecular formula is C22H30ClN3O. The summed E-state index contributed by atoms with van der Waals surface area (Å²) in [5, 5.41) is 0. The van der Waals surface area contributed by atoms with Gasteiger partial charge in [0.15, 0.2) is 0 Å². The van der Waals surface area contributed by atoms with Gasteiger partial charge in [0.2, 0.25) is 0 Å². The fourth-order valence-corrected chi connectivity index (χ4v) is 3.97. The summed E-state index contributed by atoms with van der Waals surface area (Å²) in [7, 11) is 0. The SMILES string of the molecule is CCN(CC)C(=O)N1c2ccccc2C(N(CC)CC)c2ccccc21.Cl. The molecule has 0 unspecified atom stereocenters. The molecule has 1 aliphatic rings. The lowest BCUT2D eigenvalue weighted by Gasteiger charge is -2.42. The Morgan fingerprint density at radius 1 is 0.815 bits per heavy atom. The van der Waals surface area contributed by atoms with Crippen molar-refractivity contribution in [1.82, 2.24) is 9.80 Å². The predicted molar refractivity (Wildman–Crippen MR) is 115 cm³/mol. The second-order valence-electron chi connectivity index (χ2n) is 6.53. The maximum absolute atomic E-state index is 13.3. The number of urea groups is 1. The molecule has 3 rings (SSSR count). The van der Waals surface area contributed by atoms with Crippen LogP contribution in [0.3, 0.4) is 0 Å². The van der Waals surface area contributed by atoms with E-state index in [9.17, 15) is 4.79 Å². The van der Waals surface area contributed by atoms with Crippen molar-refractivity contribution in [2.45, 2.75) is 33.7 Å². The first-order valence-corrected chi connectivity index (χ1v) is 9.68. The summed E-state index contributed by atoms with van der Waals surface area (Å²) in [6.45, 7) is 11.8. The van der Waals surface area contributed by atoms with Crippen LogP contribution in [0.5, 0.6) is 0 Å². The van der Waals surface area contributed by atoms with Gasteiger partial charge in [-0.1, -0.05) is 50.2 Å². The maximum atomic E-state index is 13.3. The monoisotopic (exact) mass is 387 g/mol. The van der Waals surface area contributed by atoms with Crippen LogP contribution >= 0.6 is 12.4 Å². The molecule has 0 atom stereocenters. The van der Waals surface area contributed by atoms with E-state index in [-0.39, 0.29) is 24.5 Å². The Kier molecular flexibility index (Phi) is 7.28. The molecule has 0 radical (unpaired) electrons. The van der Waals surface area contributed by atoms with Crippen LogP contribution in [0.25, 0.3) is 0 Å². The normalized spacial score (nSPS) is 13.0. The molecule has 146 valence electrons. The van der Waals surface area contributed by atoms with Gasteiger partial charge in [0.05, 0.1) is 17.4 Å². The molecule has 0 spiro atoms. The van der Waals surface area contributed by atoms with E-state index in [1.807, 2.05) is 35.8 Å². The number of anilines is 2. The van der Waals surface area contributed by atoms with Gasteiger partial charge in [0.25, 0.3) is 0 Å². The number of hydrogen-bond donors (Lipinski definition) is 0. The Labute approximate surface area is 169 Å². The highest BCUT2D eigenvalue weighted by Crippen LogP contribution is 2.47. The molecule has 0 saturated heterocycles. The molecule has 1 heterocycles. The van der Waals surface area contributed by atoms with Crippen molar-refractivity contribution in [3.63, 3.8) is 0 Å². The molecule has 0 fully saturated rings. The highest BCUT2D eigenvalue weighted by molar-refractivity contribution is 6.02. The molecule has 0 aromatic heterocycles. The summed E-state index contributed by atoms with van der Waals surface area (Å²) < 4.78 is 0. The van der Waals surface area contributed by atoms with Crippen LogP contribution in [0, 0.1) is 0 Å². The molecule has 2 aromatic carbocycles. The van der Waals surface area contributed by atoms with Crippen molar-refractivity contribution in [3.8, 4) is 0 Å². The zero-order valence-corrected chi connectivity index (χ0v) is 17.5. The first kappa shape index (κ1) is 21.3. The minimum atomic E-state index is 0. The topological polar surface area (TPSA) is 26.8 Å². The third-order valence-corrected chi connectivity index (χ3v) is 5.35. The van der Waals surface area contributed by atoms with Gasteiger partial charge in [-0.25, -0.2) is 4.79 Å². The Bertz CT molecular complexity index is 724. The molecule has 0 saturated carbocycles. The second-order valence-corrected chi connectivity index (χ2v) is 6.53. The molecule has 5 heteroatoms. The summed E-state index contributed by atoms with van der Waals surface area (Å²) in [6, 6.07) is 16.9. The highest BCUT2D eigenvalue weighted by Gasteiger charge is 2.36. The summed E-state index contributed by atoms with van der Waals surface area (Å²) in [5.41, 5.74) is 4.41. The van der Waals surface area contributed by atoms with Crippen LogP contribution in [0.1, 0.15) is 44.9 Å². The van der Waals surface area contributed by atoms with E-state index < -0.39 is 0 Å². The minimum absolute atomic E-state index is 0. The lowest BCUT2D eigenvalue weighted by molar-refractivity contribution is 0.211. The van der Waals surface area contributed by atoms with Gasteiger partial charge in [0, 0.05) is 13.1 Å². The number of benzene rings is 2. The van der Waals surface area contributed by atoms with Gasteiger partial charge in [0.1, 0.15) is 0 Å². The summed E-state index contributed by atoms with van der Waals surface area (Å²) in [5.74, 6) is 0. The Hall–Kier alpha value is -2.04. The van der Waals surface area contributed by atoms with E-state index in [2.05, 4.69) is 55.1 Å². The van der Waals surface area contributed by atoms with Gasteiger partial charge in [-0.15, -0.1) is 12.4 Å². The average Bonchev–Trinajstić information content (AvgIpc) is 2.69. The van der Waals surface area contributed by atoms with Crippen molar-refractivity contribution in [2.24, 2.45) is 0 Å². The Morgan fingerprint density at radius 2 is 1.26 bits per heavy atom. The van der Waals surface area contributed by atoms with Gasteiger partial charge >= 0.3 is 6.03 Å². The fourth-order valence-electron chi connectivity index (χ4n) is 3.97. The molecule has 2 amide bonds. The number of hydrogen-bond acceptors (Lipinski definition) is 2. The molecular weight excluding hydrogens is 358 g/mol. The third kappa shape index (κ3) is 3.69. The fraction of sp³-hybridized carbons (Fsp3) is 0.409. The van der Waals surface area contributed by atoms with Crippen LogP contribution in [0.15, 0.2) is 48.5 Å². The highest BCUT2D eigenvalue weighted by atomic mass is 35.5.